The average Bonchev–Trinajstić information content (AvgIpc) is 2.19. The Morgan fingerprint density at radius 3 is 2.80 bits per heavy atom. The van der Waals surface area contributed by atoms with Crippen LogP contribution in [0.3, 0.4) is 0 Å². The molecule has 2 rings (SSSR count). The highest BCUT2D eigenvalue weighted by atomic mass is 19.1. The average molecular weight is 205 g/mol. The summed E-state index contributed by atoms with van der Waals surface area (Å²) in [5.74, 6) is -1.49. The molecule has 0 fully saturated rings. The lowest BCUT2D eigenvalue weighted by Gasteiger charge is -2.01. The Balaban J connectivity index is 2.72. The van der Waals surface area contributed by atoms with Crippen molar-refractivity contribution in [2.75, 3.05) is 0 Å². The third kappa shape index (κ3) is 1.66. The maximum Gasteiger partial charge on any atom is 0.354 e. The van der Waals surface area contributed by atoms with Gasteiger partial charge in [-0.2, -0.15) is 0 Å². The number of fused-ring (bicyclic) bond motifs is 1. The molecule has 0 radical (unpaired) electrons. The number of rotatable bonds is 1. The Morgan fingerprint density at radius 1 is 1.40 bits per heavy atom. The molecule has 0 atom stereocenters. The van der Waals surface area contributed by atoms with Gasteiger partial charge in [-0.25, -0.2) is 14.2 Å². The van der Waals surface area contributed by atoms with Gasteiger partial charge in [-0.3, -0.25) is 0 Å². The van der Waals surface area contributed by atoms with Gasteiger partial charge < -0.3 is 5.11 Å². The first kappa shape index (κ1) is 9.58. The third-order valence-corrected chi connectivity index (χ3v) is 2.19. The molecule has 15 heavy (non-hydrogen) atoms. The predicted octanol–water partition coefficient (Wildman–Crippen LogP) is 2.38. The summed E-state index contributed by atoms with van der Waals surface area (Å²) in [7, 11) is 0. The minimum absolute atomic E-state index is 0.0780. The maximum atomic E-state index is 13.2. The van der Waals surface area contributed by atoms with Crippen molar-refractivity contribution in [3.05, 3.63) is 41.3 Å². The van der Waals surface area contributed by atoms with E-state index in [1.165, 1.54) is 12.1 Å². The van der Waals surface area contributed by atoms with Crippen molar-refractivity contribution in [3.8, 4) is 0 Å². The number of carbonyl (C=O) groups is 1. The maximum absolute atomic E-state index is 13.2. The molecule has 1 aromatic carbocycles. The molecule has 0 saturated heterocycles. The third-order valence-electron chi connectivity index (χ3n) is 2.19. The summed E-state index contributed by atoms with van der Waals surface area (Å²) in [5.41, 5.74) is 0.802. The lowest BCUT2D eigenvalue weighted by Crippen LogP contribution is -2.00. The van der Waals surface area contributed by atoms with Crippen molar-refractivity contribution in [2.45, 2.75) is 6.92 Å². The van der Waals surface area contributed by atoms with Crippen molar-refractivity contribution < 1.29 is 14.3 Å². The number of halogens is 1. The molecule has 0 bridgehead atoms. The van der Waals surface area contributed by atoms with E-state index in [1.807, 2.05) is 0 Å². The second kappa shape index (κ2) is 3.31. The first-order chi connectivity index (χ1) is 7.08. The quantitative estimate of drug-likeness (QED) is 0.777. The molecular weight excluding hydrogens is 197 g/mol. The van der Waals surface area contributed by atoms with Crippen LogP contribution in [0.25, 0.3) is 10.9 Å². The van der Waals surface area contributed by atoms with E-state index in [1.54, 1.807) is 19.1 Å². The van der Waals surface area contributed by atoms with Gasteiger partial charge in [0.15, 0.2) is 0 Å². The largest absolute Gasteiger partial charge is 0.477 e. The minimum Gasteiger partial charge on any atom is -0.477 e. The van der Waals surface area contributed by atoms with Crippen LogP contribution in [-0.2, 0) is 0 Å². The fourth-order valence-corrected chi connectivity index (χ4v) is 1.38. The van der Waals surface area contributed by atoms with E-state index in [-0.39, 0.29) is 11.5 Å². The summed E-state index contributed by atoms with van der Waals surface area (Å²) in [6.45, 7) is 1.65. The Bertz CT molecular complexity index is 552. The molecule has 1 N–H and O–H groups in total. The molecule has 1 aromatic heterocycles. The summed E-state index contributed by atoms with van der Waals surface area (Å²) in [6.07, 6.45) is 0. The Hall–Kier alpha value is -1.97. The summed E-state index contributed by atoms with van der Waals surface area (Å²) < 4.78 is 13.2. The van der Waals surface area contributed by atoms with Crippen molar-refractivity contribution in [2.24, 2.45) is 0 Å². The molecule has 0 amide bonds. The van der Waals surface area contributed by atoms with Crippen molar-refractivity contribution in [1.82, 2.24) is 4.98 Å². The van der Waals surface area contributed by atoms with Gasteiger partial charge in [0.1, 0.15) is 11.5 Å². The molecule has 0 spiro atoms. The van der Waals surface area contributed by atoms with E-state index in [4.69, 9.17) is 5.11 Å². The second-order valence-corrected chi connectivity index (χ2v) is 3.30. The minimum atomic E-state index is -1.11. The first-order valence-electron chi connectivity index (χ1n) is 4.38. The van der Waals surface area contributed by atoms with Crippen LogP contribution in [0.4, 0.5) is 4.39 Å². The molecule has 4 heteroatoms. The van der Waals surface area contributed by atoms with E-state index >= 15 is 0 Å². The molecule has 0 saturated carbocycles. The van der Waals surface area contributed by atoms with E-state index in [0.29, 0.717) is 11.1 Å². The topological polar surface area (TPSA) is 50.2 Å². The van der Waals surface area contributed by atoms with E-state index in [0.717, 1.165) is 5.39 Å². The lowest BCUT2D eigenvalue weighted by atomic mass is 10.1. The number of hydrogen-bond acceptors (Lipinski definition) is 2. The molecule has 76 valence electrons. The molecule has 2 aromatic rings. The van der Waals surface area contributed by atoms with E-state index in [2.05, 4.69) is 4.98 Å². The first-order valence-corrected chi connectivity index (χ1v) is 4.38. The van der Waals surface area contributed by atoms with Gasteiger partial charge in [-0.1, -0.05) is 6.07 Å². The zero-order chi connectivity index (χ0) is 11.0. The van der Waals surface area contributed by atoms with Gasteiger partial charge in [-0.05, 0) is 24.6 Å². The molecule has 0 aliphatic carbocycles. The molecule has 3 nitrogen and oxygen atoms in total. The molecule has 1 heterocycles. The van der Waals surface area contributed by atoms with Crippen LogP contribution in [0.2, 0.25) is 0 Å². The van der Waals surface area contributed by atoms with Crippen LogP contribution in [0.5, 0.6) is 0 Å². The van der Waals surface area contributed by atoms with Crippen molar-refractivity contribution >= 4 is 16.9 Å². The van der Waals surface area contributed by atoms with E-state index in [9.17, 15) is 9.18 Å². The highest BCUT2D eigenvalue weighted by Gasteiger charge is 2.07. The van der Waals surface area contributed by atoms with Crippen LogP contribution in [0.15, 0.2) is 24.3 Å². The van der Waals surface area contributed by atoms with Gasteiger partial charge in [-0.15, -0.1) is 0 Å². The Kier molecular flexibility index (Phi) is 2.11. The number of aromatic carboxylic acids is 1. The van der Waals surface area contributed by atoms with Gasteiger partial charge >= 0.3 is 5.97 Å². The van der Waals surface area contributed by atoms with Crippen molar-refractivity contribution in [1.29, 1.82) is 0 Å². The number of aryl methyl sites for hydroxylation is 1. The molecular formula is C11H8FNO2. The number of carboxylic acids is 1. The van der Waals surface area contributed by atoms with Crippen LogP contribution >= 0.6 is 0 Å². The summed E-state index contributed by atoms with van der Waals surface area (Å²) in [6, 6.07) is 5.92. The molecule has 0 aliphatic rings. The van der Waals surface area contributed by atoms with Crippen LogP contribution in [0, 0.1) is 12.7 Å². The van der Waals surface area contributed by atoms with Crippen LogP contribution in [-0.4, -0.2) is 16.1 Å². The van der Waals surface area contributed by atoms with Gasteiger partial charge in [0.25, 0.3) is 0 Å². The van der Waals surface area contributed by atoms with Gasteiger partial charge in [0.2, 0.25) is 0 Å². The number of aromatic nitrogens is 1. The normalized spacial score (nSPS) is 10.5. The second-order valence-electron chi connectivity index (χ2n) is 3.30. The van der Waals surface area contributed by atoms with Crippen LogP contribution < -0.4 is 0 Å². The summed E-state index contributed by atoms with van der Waals surface area (Å²) in [4.78, 5) is 14.5. The number of benzene rings is 1. The number of pyridine rings is 1. The van der Waals surface area contributed by atoms with Crippen molar-refractivity contribution in [3.63, 3.8) is 0 Å². The highest BCUT2D eigenvalue weighted by Crippen LogP contribution is 2.17. The highest BCUT2D eigenvalue weighted by molar-refractivity contribution is 5.89. The molecule has 0 unspecified atom stereocenters. The molecule has 0 aliphatic heterocycles. The monoisotopic (exact) mass is 205 g/mol. The summed E-state index contributed by atoms with van der Waals surface area (Å²) >= 11 is 0. The van der Waals surface area contributed by atoms with E-state index < -0.39 is 5.97 Å². The zero-order valence-corrected chi connectivity index (χ0v) is 7.99. The fourth-order valence-electron chi connectivity index (χ4n) is 1.38. The van der Waals surface area contributed by atoms with Crippen LogP contribution in [0.1, 0.15) is 16.1 Å². The summed E-state index contributed by atoms with van der Waals surface area (Å²) in [5, 5.41) is 9.45. The zero-order valence-electron chi connectivity index (χ0n) is 7.99. The Morgan fingerprint density at radius 2 is 2.13 bits per heavy atom. The number of nitrogens with zero attached hydrogens (tertiary/aromatic N) is 1. The predicted molar refractivity (Wildman–Crippen MR) is 53.4 cm³/mol. The SMILES string of the molecule is Cc1cc2ccc(C(=O)O)nc2cc1F. The Labute approximate surface area is 85.2 Å². The number of carboxylic acid groups (broad SMARTS) is 1. The standard InChI is InChI=1S/C11H8FNO2/c1-6-4-7-2-3-9(11(14)15)13-10(7)5-8(6)12/h2-5H,1H3,(H,14,15). The fraction of sp³-hybridized carbons (Fsp3) is 0.0909. The van der Waals surface area contributed by atoms with Gasteiger partial charge in [0.05, 0.1) is 5.52 Å². The lowest BCUT2D eigenvalue weighted by molar-refractivity contribution is 0.0691. The smallest absolute Gasteiger partial charge is 0.354 e. The van der Waals surface area contributed by atoms with Gasteiger partial charge in [0, 0.05) is 11.5 Å². The number of hydrogen-bond donors (Lipinski definition) is 1.